The first kappa shape index (κ1) is 18.2. The van der Waals surface area contributed by atoms with Gasteiger partial charge in [-0.1, -0.05) is 19.8 Å². The summed E-state index contributed by atoms with van der Waals surface area (Å²) in [7, 11) is 0. The summed E-state index contributed by atoms with van der Waals surface area (Å²) < 4.78 is 19.0. The zero-order chi connectivity index (χ0) is 17.6. The van der Waals surface area contributed by atoms with E-state index in [-0.39, 0.29) is 24.4 Å². The first-order valence-electron chi connectivity index (χ1n) is 9.51. The Morgan fingerprint density at radius 3 is 2.68 bits per heavy atom. The van der Waals surface area contributed by atoms with Gasteiger partial charge in [0.25, 0.3) is 0 Å². The summed E-state index contributed by atoms with van der Waals surface area (Å²) in [6.07, 6.45) is 5.80. The van der Waals surface area contributed by atoms with Gasteiger partial charge in [0.1, 0.15) is 12.4 Å². The minimum Gasteiger partial charge on any atom is -0.370 e. The van der Waals surface area contributed by atoms with Crippen LogP contribution in [0.25, 0.3) is 0 Å². The Hall–Kier alpha value is -1.62. The summed E-state index contributed by atoms with van der Waals surface area (Å²) in [5, 5.41) is 0. The number of hydrogen-bond acceptors (Lipinski definition) is 3. The van der Waals surface area contributed by atoms with Crippen molar-refractivity contribution in [2.24, 2.45) is 5.92 Å². The molecule has 4 nitrogen and oxygen atoms in total. The highest BCUT2D eigenvalue weighted by Gasteiger charge is 2.23. The zero-order valence-corrected chi connectivity index (χ0v) is 15.1. The van der Waals surface area contributed by atoms with Crippen LogP contribution in [0.15, 0.2) is 24.3 Å². The summed E-state index contributed by atoms with van der Waals surface area (Å²) >= 11 is 0. The zero-order valence-electron chi connectivity index (χ0n) is 15.1. The van der Waals surface area contributed by atoms with Gasteiger partial charge in [0.05, 0.1) is 6.10 Å². The third-order valence-corrected chi connectivity index (χ3v) is 5.37. The van der Waals surface area contributed by atoms with Crippen LogP contribution >= 0.6 is 0 Å². The van der Waals surface area contributed by atoms with E-state index in [1.165, 1.54) is 25.0 Å². The number of benzene rings is 1. The fourth-order valence-corrected chi connectivity index (χ4v) is 3.89. The van der Waals surface area contributed by atoms with Crippen molar-refractivity contribution >= 4 is 11.6 Å². The maximum absolute atomic E-state index is 13.1. The molecule has 1 aromatic carbocycles. The minimum absolute atomic E-state index is 0.0965. The lowest BCUT2D eigenvalue weighted by atomic mass is 9.89. The Morgan fingerprint density at radius 2 is 1.92 bits per heavy atom. The van der Waals surface area contributed by atoms with Crippen LogP contribution in [0.1, 0.15) is 39.0 Å². The second kappa shape index (κ2) is 8.65. The van der Waals surface area contributed by atoms with Crippen LogP contribution in [0, 0.1) is 11.7 Å². The van der Waals surface area contributed by atoms with Gasteiger partial charge in [-0.2, -0.15) is 0 Å². The van der Waals surface area contributed by atoms with E-state index in [0.29, 0.717) is 12.5 Å². The molecule has 1 amide bonds. The molecule has 0 N–H and O–H groups in total. The highest BCUT2D eigenvalue weighted by atomic mass is 19.1. The number of carbonyl (C=O) groups is 1. The molecule has 2 aliphatic rings. The van der Waals surface area contributed by atoms with Crippen molar-refractivity contribution in [3.05, 3.63) is 30.1 Å². The third kappa shape index (κ3) is 5.18. The highest BCUT2D eigenvalue weighted by Crippen LogP contribution is 2.25. The van der Waals surface area contributed by atoms with Gasteiger partial charge in [-0.15, -0.1) is 0 Å². The molecule has 1 aliphatic heterocycles. The average Bonchev–Trinajstić information content (AvgIpc) is 2.87. The molecule has 0 spiro atoms. The van der Waals surface area contributed by atoms with Gasteiger partial charge in [-0.3, -0.25) is 4.79 Å². The van der Waals surface area contributed by atoms with Crippen molar-refractivity contribution in [3.63, 3.8) is 0 Å². The van der Waals surface area contributed by atoms with Crippen LogP contribution in [0.4, 0.5) is 10.1 Å². The van der Waals surface area contributed by atoms with Crippen LogP contribution in [0.5, 0.6) is 0 Å². The van der Waals surface area contributed by atoms with Gasteiger partial charge in [-0.25, -0.2) is 4.39 Å². The molecule has 138 valence electrons. The predicted molar refractivity (Wildman–Crippen MR) is 97.2 cm³/mol. The van der Waals surface area contributed by atoms with E-state index in [0.717, 1.165) is 44.6 Å². The Labute approximate surface area is 149 Å². The number of halogens is 1. The SMILES string of the molecule is CC1CCCC(OCC(=O)N2CCCN(c3ccc(F)cc3)CC2)C1. The summed E-state index contributed by atoms with van der Waals surface area (Å²) in [5.41, 5.74) is 1.02. The summed E-state index contributed by atoms with van der Waals surface area (Å²) in [6.45, 7) is 5.58. The molecule has 25 heavy (non-hydrogen) atoms. The standard InChI is InChI=1S/C20H29FN2O2/c1-16-4-2-5-19(14-16)25-15-20(24)23-11-3-10-22(12-13-23)18-8-6-17(21)7-9-18/h6-9,16,19H,2-5,10-15H2,1H3. The van der Waals surface area contributed by atoms with E-state index in [2.05, 4.69) is 11.8 Å². The number of anilines is 1. The fraction of sp³-hybridized carbons (Fsp3) is 0.650. The van der Waals surface area contributed by atoms with Crippen LogP contribution in [-0.4, -0.2) is 49.7 Å². The van der Waals surface area contributed by atoms with Crippen molar-refractivity contribution in [1.29, 1.82) is 0 Å². The molecule has 0 aromatic heterocycles. The molecular formula is C20H29FN2O2. The predicted octanol–water partition coefficient (Wildman–Crippen LogP) is 3.46. The quantitative estimate of drug-likeness (QED) is 0.835. The lowest BCUT2D eigenvalue weighted by Crippen LogP contribution is -2.38. The molecule has 1 heterocycles. The van der Waals surface area contributed by atoms with Crippen LogP contribution in [0.3, 0.4) is 0 Å². The van der Waals surface area contributed by atoms with Crippen molar-refractivity contribution < 1.29 is 13.9 Å². The molecule has 5 heteroatoms. The fourth-order valence-electron chi connectivity index (χ4n) is 3.89. The van der Waals surface area contributed by atoms with Crippen molar-refractivity contribution in [2.75, 3.05) is 37.7 Å². The highest BCUT2D eigenvalue weighted by molar-refractivity contribution is 5.77. The normalized spacial score (nSPS) is 24.9. The number of ether oxygens (including phenoxy) is 1. The molecule has 1 aromatic rings. The lowest BCUT2D eigenvalue weighted by Gasteiger charge is -2.28. The molecule has 1 saturated heterocycles. The Bertz CT molecular complexity index is 563. The van der Waals surface area contributed by atoms with E-state index in [1.807, 2.05) is 4.90 Å². The Balaban J connectivity index is 1.47. The number of rotatable bonds is 4. The van der Waals surface area contributed by atoms with E-state index < -0.39 is 0 Å². The Kier molecular flexibility index (Phi) is 6.29. The molecule has 3 rings (SSSR count). The first-order chi connectivity index (χ1) is 12.1. The molecule has 2 atom stereocenters. The Morgan fingerprint density at radius 1 is 1.12 bits per heavy atom. The van der Waals surface area contributed by atoms with Crippen LogP contribution in [0.2, 0.25) is 0 Å². The number of carbonyl (C=O) groups excluding carboxylic acids is 1. The first-order valence-corrected chi connectivity index (χ1v) is 9.51. The topological polar surface area (TPSA) is 32.8 Å². The van der Waals surface area contributed by atoms with Crippen LogP contribution < -0.4 is 4.90 Å². The van der Waals surface area contributed by atoms with Gasteiger partial charge >= 0.3 is 0 Å². The largest absolute Gasteiger partial charge is 0.370 e. The van der Waals surface area contributed by atoms with E-state index in [9.17, 15) is 9.18 Å². The summed E-state index contributed by atoms with van der Waals surface area (Å²) in [4.78, 5) is 16.6. The van der Waals surface area contributed by atoms with Crippen LogP contribution in [-0.2, 0) is 9.53 Å². The van der Waals surface area contributed by atoms with Gasteiger partial charge in [0.15, 0.2) is 0 Å². The molecular weight excluding hydrogens is 319 g/mol. The van der Waals surface area contributed by atoms with Gasteiger partial charge in [0, 0.05) is 31.9 Å². The number of nitrogens with zero attached hydrogens (tertiary/aromatic N) is 2. The van der Waals surface area contributed by atoms with Crippen molar-refractivity contribution in [1.82, 2.24) is 4.90 Å². The van der Waals surface area contributed by atoms with Gasteiger partial charge < -0.3 is 14.5 Å². The maximum Gasteiger partial charge on any atom is 0.248 e. The van der Waals surface area contributed by atoms with Gasteiger partial charge in [-0.05, 0) is 49.4 Å². The molecule has 1 aliphatic carbocycles. The average molecular weight is 348 g/mol. The molecule has 2 unspecified atom stereocenters. The molecule has 2 fully saturated rings. The molecule has 0 bridgehead atoms. The third-order valence-electron chi connectivity index (χ3n) is 5.37. The smallest absolute Gasteiger partial charge is 0.248 e. The van der Waals surface area contributed by atoms with E-state index in [4.69, 9.17) is 4.74 Å². The maximum atomic E-state index is 13.1. The van der Waals surface area contributed by atoms with E-state index >= 15 is 0 Å². The van der Waals surface area contributed by atoms with Gasteiger partial charge in [0.2, 0.25) is 5.91 Å². The molecule has 1 saturated carbocycles. The number of hydrogen-bond donors (Lipinski definition) is 0. The minimum atomic E-state index is -0.218. The molecule has 0 radical (unpaired) electrons. The second-order valence-corrected chi connectivity index (χ2v) is 7.40. The number of amides is 1. The monoisotopic (exact) mass is 348 g/mol. The second-order valence-electron chi connectivity index (χ2n) is 7.40. The lowest BCUT2D eigenvalue weighted by molar-refractivity contribution is -0.139. The summed E-state index contributed by atoms with van der Waals surface area (Å²) in [6, 6.07) is 6.59. The summed E-state index contributed by atoms with van der Waals surface area (Å²) in [5.74, 6) is 0.583. The van der Waals surface area contributed by atoms with Crippen molar-refractivity contribution in [2.45, 2.75) is 45.1 Å². The van der Waals surface area contributed by atoms with Crippen molar-refractivity contribution in [3.8, 4) is 0 Å². The van der Waals surface area contributed by atoms with E-state index in [1.54, 1.807) is 12.1 Å².